The number of aliphatic hydroxyl groups excluding tert-OH is 8. The van der Waals surface area contributed by atoms with Gasteiger partial charge in [0.2, 0.25) is 23.6 Å². The maximum Gasteiger partial charge on any atom is 0.410 e. The van der Waals surface area contributed by atoms with Crippen molar-refractivity contribution in [3.05, 3.63) is 232 Å². The Morgan fingerprint density at radius 1 is 0.383 bits per heavy atom. The summed E-state index contributed by atoms with van der Waals surface area (Å²) < 4.78 is 5.45. The lowest BCUT2D eigenvalue weighted by atomic mass is 9.96. The summed E-state index contributed by atoms with van der Waals surface area (Å²) in [6.45, 7) is 18.8. The molecule has 12 unspecified atom stereocenters. The molecular weight excluding hydrogens is 1630 g/mol. The zero-order valence-electron chi connectivity index (χ0n) is 66.1. The minimum absolute atomic E-state index is 0.162. The summed E-state index contributed by atoms with van der Waals surface area (Å²) in [5.41, 5.74) is 10.4. The Labute approximate surface area is 714 Å². The number of nitrogens with zero attached hydrogens (tertiary/aromatic N) is 1. The molecule has 115 heavy (non-hydrogen) atoms. The maximum atomic E-state index is 13.2. The second kappa shape index (κ2) is 46.3. The quantitative estimate of drug-likeness (QED) is 0.0217. The average molecular weight is 1740 g/mol. The predicted octanol–water partition coefficient (Wildman–Crippen LogP) is 16.6. The molecule has 1 aliphatic rings. The minimum Gasteiger partial charge on any atom is -0.444 e. The van der Waals surface area contributed by atoms with Crippen LogP contribution < -0.4 is 21.3 Å². The van der Waals surface area contributed by atoms with Gasteiger partial charge in [-0.25, -0.2) is 4.79 Å². The first-order chi connectivity index (χ1) is 54.1. The lowest BCUT2D eigenvalue weighted by molar-refractivity contribution is -0.128. The second-order valence-electron chi connectivity index (χ2n) is 29.9. The first-order valence-electron chi connectivity index (χ1n) is 38.0. The van der Waals surface area contributed by atoms with Crippen LogP contribution in [-0.2, 0) is 49.6 Å². The maximum absolute atomic E-state index is 13.2. The van der Waals surface area contributed by atoms with E-state index in [1.165, 1.54) is 32.6 Å². The lowest BCUT2D eigenvalue weighted by Gasteiger charge is -2.31. The summed E-state index contributed by atoms with van der Waals surface area (Å²) in [4.78, 5) is 62.7. The molecule has 13 atom stereocenters. The van der Waals surface area contributed by atoms with Crippen LogP contribution in [0, 0.1) is 5.92 Å². The Morgan fingerprint density at radius 3 is 0.852 bits per heavy atom. The number of rotatable bonds is 28. The SMILES string of the molecule is CC(C)C(=O)NC(Cc1ccc(-c2cc(Cl)cc(Cl)c2)cc1)C(O)C(C)O.CC(O)C(O)C(Cc1ccc(-c2cc(Cl)cc(Cl)c2)cc1)NC(=O)[C@@H]1CCCN1C(=O)OC(C)(C)C.CCC(=O)NC(Cc1ccc(-c2cc(Cl)cc(Cl)c2)cc1)C(O)C(C)O.CCC(=O)NC(Cc1ccc(-c2cc(Cl)cc(Cl)c2)cc1)C(O)C(C)O. The van der Waals surface area contributed by atoms with Gasteiger partial charge in [0.15, 0.2) is 0 Å². The Hall–Kier alpha value is -7.09. The Bertz CT molecular complexity index is 4250. The van der Waals surface area contributed by atoms with Gasteiger partial charge in [-0.05, 0) is 227 Å². The Balaban J connectivity index is 0.000000241. The third kappa shape index (κ3) is 31.9. The van der Waals surface area contributed by atoms with E-state index >= 15 is 0 Å². The highest BCUT2D eigenvalue weighted by molar-refractivity contribution is 6.37. The highest BCUT2D eigenvalue weighted by atomic mass is 35.5. The van der Waals surface area contributed by atoms with E-state index < -0.39 is 90.7 Å². The molecule has 1 saturated heterocycles. The summed E-state index contributed by atoms with van der Waals surface area (Å²) in [6.07, 6.45) is -5.45. The van der Waals surface area contributed by atoms with E-state index in [4.69, 9.17) is 97.5 Å². The molecule has 8 aromatic rings. The van der Waals surface area contributed by atoms with Crippen LogP contribution in [0.4, 0.5) is 4.79 Å². The van der Waals surface area contributed by atoms with Gasteiger partial charge in [-0.2, -0.15) is 0 Å². The molecule has 0 radical (unpaired) electrons. The van der Waals surface area contributed by atoms with E-state index in [9.17, 15) is 64.8 Å². The van der Waals surface area contributed by atoms with Crippen LogP contribution in [-0.4, -0.2) is 167 Å². The molecule has 8 aromatic carbocycles. The van der Waals surface area contributed by atoms with Crippen molar-refractivity contribution in [2.45, 2.75) is 212 Å². The van der Waals surface area contributed by atoms with E-state index in [1.54, 1.807) is 72.7 Å². The van der Waals surface area contributed by atoms with Gasteiger partial charge in [0.25, 0.3) is 0 Å². The van der Waals surface area contributed by atoms with Crippen LogP contribution >= 0.6 is 92.8 Å². The molecule has 622 valence electrons. The van der Waals surface area contributed by atoms with Crippen molar-refractivity contribution in [3.8, 4) is 44.5 Å². The number of nitrogens with one attached hydrogen (secondary N) is 4. The van der Waals surface area contributed by atoms with Gasteiger partial charge in [-0.15, -0.1) is 0 Å². The van der Waals surface area contributed by atoms with Crippen molar-refractivity contribution in [2.24, 2.45) is 5.92 Å². The first-order valence-corrected chi connectivity index (χ1v) is 41.0. The smallest absolute Gasteiger partial charge is 0.410 e. The number of hydrogen-bond acceptors (Lipinski definition) is 14. The van der Waals surface area contributed by atoms with E-state index in [2.05, 4.69) is 21.3 Å². The molecular formula is C88H105Cl8N5O14. The summed E-state index contributed by atoms with van der Waals surface area (Å²) >= 11 is 48.6. The molecule has 9 rings (SSSR count). The van der Waals surface area contributed by atoms with Gasteiger partial charge in [0, 0.05) is 65.5 Å². The predicted molar refractivity (Wildman–Crippen MR) is 462 cm³/mol. The molecule has 19 nitrogen and oxygen atoms in total. The number of ether oxygens (including phenoxy) is 1. The molecule has 0 aliphatic carbocycles. The van der Waals surface area contributed by atoms with Crippen LogP contribution in [0.1, 0.15) is 124 Å². The number of carbonyl (C=O) groups is 5. The molecule has 12 N–H and O–H groups in total. The van der Waals surface area contributed by atoms with Crippen molar-refractivity contribution < 1.29 is 69.6 Å². The molecule has 5 amide bonds. The second-order valence-corrected chi connectivity index (χ2v) is 33.4. The van der Waals surface area contributed by atoms with Crippen LogP contribution in [0.5, 0.6) is 0 Å². The van der Waals surface area contributed by atoms with Gasteiger partial charge >= 0.3 is 6.09 Å². The van der Waals surface area contributed by atoms with E-state index in [1.807, 2.05) is 146 Å². The number of aliphatic hydroxyl groups is 8. The topological polar surface area (TPSA) is 308 Å². The zero-order valence-corrected chi connectivity index (χ0v) is 72.2. The molecule has 27 heteroatoms. The lowest BCUT2D eigenvalue weighted by Crippen LogP contribution is -2.54. The van der Waals surface area contributed by atoms with Crippen LogP contribution in [0.15, 0.2) is 170 Å². The van der Waals surface area contributed by atoms with Crippen LogP contribution in [0.3, 0.4) is 0 Å². The van der Waals surface area contributed by atoms with Gasteiger partial charge in [0.05, 0.1) is 48.6 Å². The average Bonchev–Trinajstić information content (AvgIpc) is 1.80. The van der Waals surface area contributed by atoms with E-state index in [0.717, 1.165) is 66.8 Å². The number of carbonyl (C=O) groups excluding carboxylic acids is 5. The van der Waals surface area contributed by atoms with Crippen molar-refractivity contribution >= 4 is 123 Å². The number of hydrogen-bond donors (Lipinski definition) is 12. The minimum atomic E-state index is -1.20. The summed E-state index contributed by atoms with van der Waals surface area (Å²) in [5, 5.41) is 96.2. The van der Waals surface area contributed by atoms with Crippen LogP contribution in [0.2, 0.25) is 40.2 Å². The Morgan fingerprint density at radius 2 is 0.626 bits per heavy atom. The Kier molecular flexibility index (Phi) is 39.0. The normalized spacial score (nSPS) is 15.8. The highest BCUT2D eigenvalue weighted by Crippen LogP contribution is 2.33. The fourth-order valence-electron chi connectivity index (χ4n) is 12.4. The largest absolute Gasteiger partial charge is 0.444 e. The molecule has 1 heterocycles. The van der Waals surface area contributed by atoms with E-state index in [-0.39, 0.29) is 36.0 Å². The number of likely N-dealkylation sites (tertiary alicyclic amines) is 1. The summed E-state index contributed by atoms with van der Waals surface area (Å²) in [7, 11) is 0. The molecule has 1 fully saturated rings. The molecule has 0 bridgehead atoms. The van der Waals surface area contributed by atoms with Crippen molar-refractivity contribution in [1.29, 1.82) is 0 Å². The van der Waals surface area contributed by atoms with Gasteiger partial charge in [0.1, 0.15) is 36.1 Å². The number of halogens is 8. The fraction of sp³-hybridized carbons (Fsp3) is 0.398. The highest BCUT2D eigenvalue weighted by Gasteiger charge is 2.39. The van der Waals surface area contributed by atoms with Crippen molar-refractivity contribution in [1.82, 2.24) is 26.2 Å². The number of benzene rings is 8. The van der Waals surface area contributed by atoms with Gasteiger partial charge in [-0.1, -0.05) is 218 Å². The summed E-state index contributed by atoms with van der Waals surface area (Å²) in [5.74, 6) is -1.08. The third-order valence-corrected chi connectivity index (χ3v) is 20.5. The number of amides is 5. The standard InChI is InChI=1S/C27H34Cl2N2O5.C21H25Cl2NO3.2C20H23Cl2NO3/c1-16(32)24(33)22(30-25(34)23-6-5-11-31(23)26(35)36-27(2,3)4)12-17-7-9-18(10-8-17)19-13-20(28)15-21(29)14-19;1-12(2)21(27)24-19(20(26)13(3)25)8-14-4-6-15(7-5-14)16-9-17(22)11-18(23)10-16;2*1-3-19(25)23-18(20(26)12(2)24)8-13-4-6-14(7-5-13)15-9-16(21)11-17(22)10-15/h7-10,13-16,22-24,32-33H,5-6,11-12H2,1-4H3,(H,30,34);4-7,9-13,19-20,25-26H,8H2,1-3H3,(H,24,27);2*4-7,9-12,18,20,24,26H,3,8H2,1-2H3,(H,23,25)/t16?,22?,23-,24?;;;/m0.../s1. The zero-order chi connectivity index (χ0) is 85.3. The van der Waals surface area contributed by atoms with Gasteiger partial charge < -0.3 is 66.9 Å². The summed E-state index contributed by atoms with van der Waals surface area (Å²) in [6, 6.07) is 49.0. The van der Waals surface area contributed by atoms with Crippen molar-refractivity contribution in [3.63, 3.8) is 0 Å². The van der Waals surface area contributed by atoms with Gasteiger partial charge in [-0.3, -0.25) is 24.1 Å². The first kappa shape index (κ1) is 96.7. The van der Waals surface area contributed by atoms with E-state index in [0.29, 0.717) is 91.7 Å². The monoisotopic (exact) mass is 1740 g/mol. The molecule has 0 spiro atoms. The fourth-order valence-corrected chi connectivity index (χ4v) is 14.5. The molecule has 0 saturated carbocycles. The third-order valence-electron chi connectivity index (χ3n) is 18.7. The van der Waals surface area contributed by atoms with Crippen LogP contribution in [0.25, 0.3) is 44.5 Å². The molecule has 1 aliphatic heterocycles. The van der Waals surface area contributed by atoms with Crippen molar-refractivity contribution in [2.75, 3.05) is 6.54 Å². The molecule has 0 aromatic heterocycles.